The maximum Gasteiger partial charge on any atom is 0.317 e. The Labute approximate surface area is 143 Å². The quantitative estimate of drug-likeness (QED) is 0.927. The van der Waals surface area contributed by atoms with Crippen LogP contribution in [0.15, 0.2) is 24.3 Å². The summed E-state index contributed by atoms with van der Waals surface area (Å²) in [6.07, 6.45) is 4.79. The Morgan fingerprint density at radius 1 is 1.38 bits per heavy atom. The molecule has 0 saturated carbocycles. The maximum atomic E-state index is 12.5. The first-order chi connectivity index (χ1) is 11.7. The number of hydrogen-bond acceptors (Lipinski definition) is 3. The zero-order valence-electron chi connectivity index (χ0n) is 14.2. The van der Waals surface area contributed by atoms with E-state index >= 15 is 0 Å². The van der Waals surface area contributed by atoms with Crippen LogP contribution in [0.1, 0.15) is 49.8 Å². The number of nitrogens with zero attached hydrogens (tertiary/aromatic N) is 2. The van der Waals surface area contributed by atoms with E-state index in [0.717, 1.165) is 38.1 Å². The van der Waals surface area contributed by atoms with Crippen LogP contribution in [-0.2, 0) is 4.74 Å². The molecule has 3 rings (SSSR count). The second-order valence-corrected chi connectivity index (χ2v) is 6.78. The molecule has 0 aliphatic carbocycles. The number of piperidine rings is 1. The van der Waals surface area contributed by atoms with E-state index in [1.807, 2.05) is 30.0 Å². The fraction of sp³-hybridized carbons (Fsp3) is 0.579. The fourth-order valence-electron chi connectivity index (χ4n) is 3.69. The van der Waals surface area contributed by atoms with Crippen LogP contribution in [0.3, 0.4) is 0 Å². The molecule has 2 amide bonds. The molecule has 1 aromatic rings. The lowest BCUT2D eigenvalue weighted by Gasteiger charge is -2.35. The van der Waals surface area contributed by atoms with E-state index < -0.39 is 0 Å². The molecule has 0 spiro atoms. The predicted molar refractivity (Wildman–Crippen MR) is 91.4 cm³/mol. The average molecular weight is 327 g/mol. The van der Waals surface area contributed by atoms with Crippen LogP contribution in [0, 0.1) is 17.2 Å². The number of carbonyl (C=O) groups is 1. The highest BCUT2D eigenvalue weighted by Gasteiger charge is 2.31. The zero-order valence-corrected chi connectivity index (χ0v) is 14.2. The molecule has 2 heterocycles. The largest absolute Gasteiger partial charge is 0.378 e. The molecule has 128 valence electrons. The molecule has 5 heteroatoms. The van der Waals surface area contributed by atoms with Crippen molar-refractivity contribution in [1.82, 2.24) is 10.2 Å². The van der Waals surface area contributed by atoms with E-state index in [2.05, 4.69) is 11.4 Å². The third-order valence-corrected chi connectivity index (χ3v) is 5.17. The van der Waals surface area contributed by atoms with Crippen molar-refractivity contribution >= 4 is 6.03 Å². The van der Waals surface area contributed by atoms with Crippen LogP contribution in [0.25, 0.3) is 0 Å². The normalized spacial score (nSPS) is 22.8. The van der Waals surface area contributed by atoms with Gasteiger partial charge in [0.1, 0.15) is 0 Å². The first-order valence-corrected chi connectivity index (χ1v) is 8.84. The minimum atomic E-state index is -0.110. The Bertz CT molecular complexity index is 611. The molecule has 2 aliphatic heterocycles. The molecule has 5 nitrogen and oxygen atoms in total. The van der Waals surface area contributed by atoms with Crippen LogP contribution in [0.2, 0.25) is 0 Å². The lowest BCUT2D eigenvalue weighted by molar-refractivity contribution is 0.0371. The SMILES string of the molecule is C[C@H](NC(=O)N1CCC([C@H]2CCCO2)CC1)c1cccc(C#N)c1. The molecule has 2 saturated heterocycles. The average Bonchev–Trinajstić information content (AvgIpc) is 3.16. The molecular formula is C19H25N3O2. The highest BCUT2D eigenvalue weighted by molar-refractivity contribution is 5.74. The first kappa shape index (κ1) is 16.8. The van der Waals surface area contributed by atoms with Gasteiger partial charge >= 0.3 is 6.03 Å². The Balaban J connectivity index is 1.51. The number of urea groups is 1. The number of ether oxygens (including phenoxy) is 1. The summed E-state index contributed by atoms with van der Waals surface area (Å²) in [5.41, 5.74) is 1.57. The monoisotopic (exact) mass is 327 g/mol. The maximum absolute atomic E-state index is 12.5. The van der Waals surface area contributed by atoms with E-state index in [1.54, 1.807) is 6.07 Å². The Kier molecular flexibility index (Phi) is 5.37. The van der Waals surface area contributed by atoms with Gasteiger partial charge in [0, 0.05) is 19.7 Å². The van der Waals surface area contributed by atoms with Gasteiger partial charge in [-0.1, -0.05) is 12.1 Å². The van der Waals surface area contributed by atoms with Crippen LogP contribution < -0.4 is 5.32 Å². The van der Waals surface area contributed by atoms with Gasteiger partial charge in [-0.05, 0) is 56.2 Å². The van der Waals surface area contributed by atoms with Gasteiger partial charge in [-0.3, -0.25) is 0 Å². The summed E-state index contributed by atoms with van der Waals surface area (Å²) in [5, 5.41) is 12.0. The summed E-state index contributed by atoms with van der Waals surface area (Å²) in [6, 6.07) is 9.40. The summed E-state index contributed by atoms with van der Waals surface area (Å²) < 4.78 is 5.79. The van der Waals surface area contributed by atoms with E-state index in [1.165, 1.54) is 12.8 Å². The number of nitriles is 1. The Morgan fingerprint density at radius 2 is 2.17 bits per heavy atom. The standard InChI is InChI=1S/C19H25N3O2/c1-14(17-5-2-4-15(12-17)13-20)21-19(23)22-9-7-16(8-10-22)18-6-3-11-24-18/h2,4-5,12,14,16,18H,3,6-11H2,1H3,(H,21,23)/t14-,18+/m0/s1. The number of rotatable bonds is 3. The van der Waals surface area contributed by atoms with E-state index in [-0.39, 0.29) is 12.1 Å². The highest BCUT2D eigenvalue weighted by atomic mass is 16.5. The zero-order chi connectivity index (χ0) is 16.9. The highest BCUT2D eigenvalue weighted by Crippen LogP contribution is 2.29. The molecular weight excluding hydrogens is 302 g/mol. The van der Waals surface area contributed by atoms with Gasteiger partial charge in [0.2, 0.25) is 0 Å². The van der Waals surface area contributed by atoms with Gasteiger partial charge in [-0.2, -0.15) is 5.26 Å². The molecule has 0 unspecified atom stereocenters. The van der Waals surface area contributed by atoms with E-state index in [4.69, 9.17) is 10.00 Å². The predicted octanol–water partition coefficient (Wildman–Crippen LogP) is 3.22. The second kappa shape index (κ2) is 7.67. The van der Waals surface area contributed by atoms with Crippen molar-refractivity contribution in [3.8, 4) is 6.07 Å². The second-order valence-electron chi connectivity index (χ2n) is 6.78. The number of likely N-dealkylation sites (tertiary alicyclic amines) is 1. The van der Waals surface area contributed by atoms with Crippen LogP contribution in [-0.4, -0.2) is 36.7 Å². The molecule has 24 heavy (non-hydrogen) atoms. The first-order valence-electron chi connectivity index (χ1n) is 8.84. The third kappa shape index (κ3) is 3.88. The summed E-state index contributed by atoms with van der Waals surface area (Å²) >= 11 is 0. The fourth-order valence-corrected chi connectivity index (χ4v) is 3.69. The summed E-state index contributed by atoms with van der Waals surface area (Å²) in [5.74, 6) is 0.598. The Hall–Kier alpha value is -2.06. The van der Waals surface area contributed by atoms with Gasteiger partial charge in [0.25, 0.3) is 0 Å². The molecule has 0 bridgehead atoms. The van der Waals surface area contributed by atoms with Crippen molar-refractivity contribution < 1.29 is 9.53 Å². The van der Waals surface area contributed by atoms with Gasteiger partial charge in [-0.15, -0.1) is 0 Å². The topological polar surface area (TPSA) is 65.4 Å². The lowest BCUT2D eigenvalue weighted by Crippen LogP contribution is -2.46. The van der Waals surface area contributed by atoms with Gasteiger partial charge in [-0.25, -0.2) is 4.79 Å². The lowest BCUT2D eigenvalue weighted by atomic mass is 9.90. The molecule has 0 radical (unpaired) electrons. The third-order valence-electron chi connectivity index (χ3n) is 5.17. The van der Waals surface area contributed by atoms with Gasteiger partial charge < -0.3 is 15.0 Å². The molecule has 1 N–H and O–H groups in total. The van der Waals surface area contributed by atoms with Crippen LogP contribution in [0.4, 0.5) is 4.79 Å². The molecule has 1 aromatic carbocycles. The van der Waals surface area contributed by atoms with Gasteiger partial charge in [0.15, 0.2) is 0 Å². The number of amides is 2. The van der Waals surface area contributed by atoms with Crippen molar-refractivity contribution in [2.24, 2.45) is 5.92 Å². The summed E-state index contributed by atoms with van der Waals surface area (Å²) in [4.78, 5) is 14.4. The van der Waals surface area contributed by atoms with E-state index in [0.29, 0.717) is 17.6 Å². The number of benzene rings is 1. The van der Waals surface area contributed by atoms with Crippen molar-refractivity contribution in [3.05, 3.63) is 35.4 Å². The number of nitrogens with one attached hydrogen (secondary N) is 1. The van der Waals surface area contributed by atoms with Crippen molar-refractivity contribution in [3.63, 3.8) is 0 Å². The van der Waals surface area contributed by atoms with Crippen molar-refractivity contribution in [2.45, 2.75) is 44.8 Å². The van der Waals surface area contributed by atoms with E-state index in [9.17, 15) is 4.79 Å². The minimum absolute atomic E-state index is 0.0179. The molecule has 2 fully saturated rings. The van der Waals surface area contributed by atoms with Crippen LogP contribution >= 0.6 is 0 Å². The van der Waals surface area contributed by atoms with Crippen molar-refractivity contribution in [1.29, 1.82) is 5.26 Å². The smallest absolute Gasteiger partial charge is 0.317 e. The number of carbonyl (C=O) groups excluding carboxylic acids is 1. The molecule has 0 aromatic heterocycles. The van der Waals surface area contributed by atoms with Gasteiger partial charge in [0.05, 0.1) is 23.8 Å². The summed E-state index contributed by atoms with van der Waals surface area (Å²) in [6.45, 7) is 4.43. The molecule has 2 aliphatic rings. The summed E-state index contributed by atoms with van der Waals surface area (Å²) in [7, 11) is 0. The van der Waals surface area contributed by atoms with Crippen molar-refractivity contribution in [2.75, 3.05) is 19.7 Å². The van der Waals surface area contributed by atoms with Crippen LogP contribution in [0.5, 0.6) is 0 Å². The minimum Gasteiger partial charge on any atom is -0.378 e. The Morgan fingerprint density at radius 3 is 2.83 bits per heavy atom. The number of hydrogen-bond donors (Lipinski definition) is 1. The molecule has 2 atom stereocenters.